The molecule has 0 aliphatic heterocycles. The second kappa shape index (κ2) is 6.04. The Morgan fingerprint density at radius 1 is 1.00 bits per heavy atom. The van der Waals surface area contributed by atoms with Gasteiger partial charge >= 0.3 is 5.69 Å². The Labute approximate surface area is 153 Å². The third kappa shape index (κ3) is 2.80. The fourth-order valence-corrected chi connectivity index (χ4v) is 4.88. The number of rotatable bonds is 4. The molecule has 0 unspecified atom stereocenters. The molecule has 1 N–H and O–H groups in total. The normalized spacial score (nSPS) is 23.5. The van der Waals surface area contributed by atoms with Gasteiger partial charge in [0, 0.05) is 18.4 Å². The van der Waals surface area contributed by atoms with Crippen LogP contribution >= 0.6 is 11.8 Å². The highest BCUT2D eigenvalue weighted by Crippen LogP contribution is 2.42. The van der Waals surface area contributed by atoms with E-state index < -0.39 is 11.2 Å². The molecule has 1 atom stereocenters. The van der Waals surface area contributed by atoms with Crippen molar-refractivity contribution in [1.29, 1.82) is 0 Å². The van der Waals surface area contributed by atoms with E-state index in [0.29, 0.717) is 34.2 Å². The first-order chi connectivity index (χ1) is 12.6. The molecule has 5 rings (SSSR count). The number of hydrogen-bond donors (Lipinski definition) is 1. The average molecular weight is 372 g/mol. The number of thioether (sulfide) groups is 1. The van der Waals surface area contributed by atoms with Crippen LogP contribution in [0.1, 0.15) is 69.2 Å². The second-order valence-electron chi connectivity index (χ2n) is 7.54. The highest BCUT2D eigenvalue weighted by atomic mass is 32.2. The molecule has 0 radical (unpaired) electrons. The maximum absolute atomic E-state index is 12.6. The molecule has 3 aliphatic rings. The number of ketones is 1. The summed E-state index contributed by atoms with van der Waals surface area (Å²) < 4.78 is 1.62. The first kappa shape index (κ1) is 16.2. The molecule has 2 aromatic rings. The van der Waals surface area contributed by atoms with Crippen molar-refractivity contribution in [2.24, 2.45) is 0 Å². The first-order valence-electron chi connectivity index (χ1n) is 9.37. The van der Waals surface area contributed by atoms with Crippen LogP contribution in [0.15, 0.2) is 14.6 Å². The minimum Gasteiger partial charge on any atom is -0.298 e. The largest absolute Gasteiger partial charge is 0.330 e. The maximum Gasteiger partial charge on any atom is 0.330 e. The average Bonchev–Trinajstić information content (AvgIpc) is 3.49. The third-order valence-corrected chi connectivity index (χ3v) is 6.68. The molecule has 7 nitrogen and oxygen atoms in total. The number of H-pyrrole nitrogens is 1. The van der Waals surface area contributed by atoms with Crippen molar-refractivity contribution in [3.8, 4) is 0 Å². The van der Waals surface area contributed by atoms with Crippen LogP contribution in [0.4, 0.5) is 0 Å². The summed E-state index contributed by atoms with van der Waals surface area (Å²) in [6.07, 6.45) is 7.29. The molecule has 3 saturated carbocycles. The lowest BCUT2D eigenvalue weighted by molar-refractivity contribution is -0.119. The summed E-state index contributed by atoms with van der Waals surface area (Å²) in [7, 11) is 0. The first-order valence-corrected chi connectivity index (χ1v) is 10.3. The fourth-order valence-electron chi connectivity index (χ4n) is 3.63. The zero-order valence-corrected chi connectivity index (χ0v) is 15.2. The van der Waals surface area contributed by atoms with Gasteiger partial charge in [-0.3, -0.25) is 19.1 Å². The van der Waals surface area contributed by atoms with Crippen LogP contribution in [-0.2, 0) is 4.79 Å². The van der Waals surface area contributed by atoms with Gasteiger partial charge < -0.3 is 0 Å². The molecule has 8 heteroatoms. The van der Waals surface area contributed by atoms with Crippen molar-refractivity contribution >= 4 is 28.6 Å². The van der Waals surface area contributed by atoms with E-state index in [4.69, 9.17) is 0 Å². The summed E-state index contributed by atoms with van der Waals surface area (Å²) in [6, 6.07) is 0.109. The highest BCUT2D eigenvalue weighted by Gasteiger charge is 2.33. The number of hydrogen-bond acceptors (Lipinski definition) is 6. The lowest BCUT2D eigenvalue weighted by Crippen LogP contribution is -2.31. The minimum atomic E-state index is -0.449. The van der Waals surface area contributed by atoms with Crippen molar-refractivity contribution in [1.82, 2.24) is 19.5 Å². The Bertz CT molecular complexity index is 1020. The summed E-state index contributed by atoms with van der Waals surface area (Å²) in [6.45, 7) is 0. The van der Waals surface area contributed by atoms with Crippen LogP contribution in [0.25, 0.3) is 11.0 Å². The number of nitrogens with one attached hydrogen (secondary N) is 1. The number of Topliss-reactive ketones (excluding diaryl/α,β-unsaturated/α-hetero) is 1. The van der Waals surface area contributed by atoms with E-state index >= 15 is 0 Å². The van der Waals surface area contributed by atoms with Crippen LogP contribution in [0, 0.1) is 0 Å². The number of carbonyl (C=O) groups is 1. The zero-order chi connectivity index (χ0) is 17.8. The summed E-state index contributed by atoms with van der Waals surface area (Å²) in [5.41, 5.74) is -0.394. The monoisotopic (exact) mass is 372 g/mol. The van der Waals surface area contributed by atoms with Gasteiger partial charge in [-0.2, -0.15) is 0 Å². The van der Waals surface area contributed by atoms with Gasteiger partial charge in [0.2, 0.25) is 0 Å². The van der Waals surface area contributed by atoms with Crippen LogP contribution in [-0.4, -0.2) is 30.6 Å². The van der Waals surface area contributed by atoms with Gasteiger partial charge in [-0.05, 0) is 38.5 Å². The predicted molar refractivity (Wildman–Crippen MR) is 97.8 cm³/mol. The van der Waals surface area contributed by atoms with E-state index in [0.717, 1.165) is 44.9 Å². The quantitative estimate of drug-likeness (QED) is 0.827. The number of aromatic amines is 1. The van der Waals surface area contributed by atoms with E-state index in [1.807, 2.05) is 0 Å². The Morgan fingerprint density at radius 3 is 2.50 bits per heavy atom. The van der Waals surface area contributed by atoms with E-state index in [9.17, 15) is 14.4 Å². The van der Waals surface area contributed by atoms with Crippen molar-refractivity contribution < 1.29 is 4.79 Å². The van der Waals surface area contributed by atoms with Gasteiger partial charge in [0.25, 0.3) is 5.56 Å². The summed E-state index contributed by atoms with van der Waals surface area (Å²) in [5.74, 6) is 1.25. The summed E-state index contributed by atoms with van der Waals surface area (Å²) in [4.78, 5) is 49.0. The molecule has 3 aliphatic carbocycles. The molecule has 0 spiro atoms. The van der Waals surface area contributed by atoms with Gasteiger partial charge in [0.15, 0.2) is 5.65 Å². The van der Waals surface area contributed by atoms with Crippen molar-refractivity contribution in [3.63, 3.8) is 0 Å². The zero-order valence-electron chi connectivity index (χ0n) is 14.4. The SMILES string of the molecule is O=C1CCCC[C@@H]1Sc1nc(C2CC2)nc2c1c(=O)[nH]c(=O)n2C1CC1. The van der Waals surface area contributed by atoms with Crippen molar-refractivity contribution in [2.45, 2.75) is 73.6 Å². The molecule has 0 amide bonds. The van der Waals surface area contributed by atoms with E-state index in [-0.39, 0.29) is 17.1 Å². The van der Waals surface area contributed by atoms with Crippen LogP contribution in [0.2, 0.25) is 0 Å². The van der Waals surface area contributed by atoms with Gasteiger partial charge in [0.05, 0.1) is 5.25 Å². The van der Waals surface area contributed by atoms with E-state index in [2.05, 4.69) is 15.0 Å². The lowest BCUT2D eigenvalue weighted by Gasteiger charge is -2.20. The Morgan fingerprint density at radius 2 is 1.81 bits per heavy atom. The van der Waals surface area contributed by atoms with Crippen LogP contribution < -0.4 is 11.2 Å². The molecule has 0 saturated heterocycles. The smallest absolute Gasteiger partial charge is 0.298 e. The number of carbonyl (C=O) groups excluding carboxylic acids is 1. The topological polar surface area (TPSA) is 97.7 Å². The van der Waals surface area contributed by atoms with Gasteiger partial charge in [0.1, 0.15) is 22.0 Å². The van der Waals surface area contributed by atoms with Gasteiger partial charge in [-0.15, -0.1) is 0 Å². The third-order valence-electron chi connectivity index (χ3n) is 5.38. The van der Waals surface area contributed by atoms with Crippen LogP contribution in [0.3, 0.4) is 0 Å². The van der Waals surface area contributed by atoms with Crippen LogP contribution in [0.5, 0.6) is 0 Å². The van der Waals surface area contributed by atoms with E-state index in [1.54, 1.807) is 4.57 Å². The Kier molecular flexibility index (Phi) is 3.77. The fraction of sp³-hybridized carbons (Fsp3) is 0.611. The molecule has 2 aromatic heterocycles. The molecule has 26 heavy (non-hydrogen) atoms. The maximum atomic E-state index is 12.6. The molecule has 3 fully saturated rings. The minimum absolute atomic E-state index is 0.109. The van der Waals surface area contributed by atoms with Crippen molar-refractivity contribution in [3.05, 3.63) is 26.7 Å². The summed E-state index contributed by atoms with van der Waals surface area (Å²) >= 11 is 1.39. The van der Waals surface area contributed by atoms with Crippen molar-refractivity contribution in [2.75, 3.05) is 0 Å². The van der Waals surface area contributed by atoms with Gasteiger partial charge in [-0.25, -0.2) is 14.8 Å². The molecule has 2 heterocycles. The van der Waals surface area contributed by atoms with Gasteiger partial charge in [-0.1, -0.05) is 18.2 Å². The number of fused-ring (bicyclic) bond motifs is 1. The molecule has 136 valence electrons. The predicted octanol–water partition coefficient (Wildman–Crippen LogP) is 2.30. The highest BCUT2D eigenvalue weighted by molar-refractivity contribution is 8.00. The molecule has 0 bridgehead atoms. The molecular weight excluding hydrogens is 352 g/mol. The second-order valence-corrected chi connectivity index (χ2v) is 8.73. The number of aromatic nitrogens is 4. The molecule has 0 aromatic carbocycles. The Balaban J connectivity index is 1.70. The van der Waals surface area contributed by atoms with E-state index in [1.165, 1.54) is 11.8 Å². The lowest BCUT2D eigenvalue weighted by atomic mass is 9.99. The standard InChI is InChI=1S/C18H20N4O3S/c23-11-3-1-2-4-12(11)26-17-13-15(19-14(20-17)9-5-6-9)22(10-7-8-10)18(25)21-16(13)24/h9-10,12H,1-8H2,(H,21,24,25)/t12-/m0/s1. The number of nitrogens with zero attached hydrogens (tertiary/aromatic N) is 3. The summed E-state index contributed by atoms with van der Waals surface area (Å²) in [5, 5.41) is 0.770. The Hall–Kier alpha value is -1.96. The molecular formula is C18H20N4O3S.